The van der Waals surface area contributed by atoms with E-state index in [1.807, 2.05) is 6.07 Å². The van der Waals surface area contributed by atoms with Crippen molar-refractivity contribution in [2.75, 3.05) is 13.7 Å². The van der Waals surface area contributed by atoms with Gasteiger partial charge in [-0.15, -0.1) is 11.3 Å². The first-order valence-electron chi connectivity index (χ1n) is 7.98. The molecule has 1 atom stereocenters. The maximum Gasteiger partial charge on any atom is 0.416 e. The molecule has 1 aromatic heterocycles. The summed E-state index contributed by atoms with van der Waals surface area (Å²) in [6, 6.07) is 8.92. The van der Waals surface area contributed by atoms with Crippen molar-refractivity contribution in [1.29, 1.82) is 0 Å². The van der Waals surface area contributed by atoms with Crippen LogP contribution in [-0.4, -0.2) is 24.5 Å². The quantitative estimate of drug-likeness (QED) is 0.768. The zero-order chi connectivity index (χ0) is 18.0. The highest BCUT2D eigenvalue weighted by atomic mass is 32.1. The Balaban J connectivity index is 1.73. The number of ether oxygens (including phenoxy) is 1. The summed E-state index contributed by atoms with van der Waals surface area (Å²) in [6.07, 6.45) is -2.47. The van der Waals surface area contributed by atoms with E-state index >= 15 is 0 Å². The number of hydrogen-bond donors (Lipinski definition) is 0. The highest BCUT2D eigenvalue weighted by molar-refractivity contribution is 7.14. The fourth-order valence-corrected chi connectivity index (χ4v) is 3.98. The number of carbonyl (C=O) groups is 1. The molecule has 0 radical (unpaired) electrons. The van der Waals surface area contributed by atoms with Crippen molar-refractivity contribution in [3.05, 3.63) is 57.3 Å². The van der Waals surface area contributed by atoms with Crippen LogP contribution in [0.2, 0.25) is 0 Å². The van der Waals surface area contributed by atoms with Crippen LogP contribution in [0.3, 0.4) is 0 Å². The van der Waals surface area contributed by atoms with E-state index in [0.29, 0.717) is 4.88 Å². The topological polar surface area (TPSA) is 29.5 Å². The largest absolute Gasteiger partial charge is 0.416 e. The molecule has 0 N–H and O–H groups in total. The van der Waals surface area contributed by atoms with Crippen LogP contribution in [0.4, 0.5) is 13.2 Å². The third-order valence-electron chi connectivity index (χ3n) is 4.16. The molecule has 2 aromatic rings. The van der Waals surface area contributed by atoms with E-state index in [-0.39, 0.29) is 24.1 Å². The second-order valence-corrected chi connectivity index (χ2v) is 7.14. The van der Waals surface area contributed by atoms with Crippen LogP contribution in [0.15, 0.2) is 36.4 Å². The zero-order valence-corrected chi connectivity index (χ0v) is 14.5. The minimum Gasteiger partial charge on any atom is -0.373 e. The number of nitrogens with zero attached hydrogens (tertiary/aromatic N) is 1. The van der Waals surface area contributed by atoms with Gasteiger partial charge in [-0.05, 0) is 36.6 Å². The molecule has 7 heteroatoms. The van der Waals surface area contributed by atoms with Gasteiger partial charge in [0, 0.05) is 25.1 Å². The van der Waals surface area contributed by atoms with Gasteiger partial charge in [-0.2, -0.15) is 13.2 Å². The van der Waals surface area contributed by atoms with Gasteiger partial charge in [0.1, 0.15) is 0 Å². The summed E-state index contributed by atoms with van der Waals surface area (Å²) in [5.41, 5.74) is -0.623. The number of thiophene rings is 1. The van der Waals surface area contributed by atoms with Gasteiger partial charge in [-0.1, -0.05) is 18.2 Å². The molecule has 0 spiro atoms. The molecule has 1 fully saturated rings. The summed E-state index contributed by atoms with van der Waals surface area (Å²) in [5, 5.41) is 0. The number of carbonyl (C=O) groups excluding carboxylic acids is 1. The van der Waals surface area contributed by atoms with Crippen molar-refractivity contribution in [2.24, 2.45) is 0 Å². The smallest absolute Gasteiger partial charge is 0.373 e. The highest BCUT2D eigenvalue weighted by Gasteiger charge is 2.33. The molecule has 1 unspecified atom stereocenters. The average Bonchev–Trinajstić information content (AvgIpc) is 3.24. The molecule has 1 amide bonds. The van der Waals surface area contributed by atoms with Crippen LogP contribution in [0.1, 0.15) is 44.6 Å². The summed E-state index contributed by atoms with van der Waals surface area (Å²) >= 11 is 1.35. The molecule has 1 aromatic carbocycles. The molecular formula is C18H18F3NO2S. The highest BCUT2D eigenvalue weighted by Crippen LogP contribution is 2.34. The lowest BCUT2D eigenvalue weighted by atomic mass is 10.1. The fraction of sp³-hybridized carbons (Fsp3) is 0.389. The van der Waals surface area contributed by atoms with E-state index < -0.39 is 11.7 Å². The maximum atomic E-state index is 13.1. The number of hydrogen-bond acceptors (Lipinski definition) is 3. The molecule has 0 saturated carbocycles. The van der Waals surface area contributed by atoms with Gasteiger partial charge < -0.3 is 9.64 Å². The molecule has 3 nitrogen and oxygen atoms in total. The molecule has 1 aliphatic rings. The van der Waals surface area contributed by atoms with Crippen molar-refractivity contribution < 1.29 is 22.7 Å². The van der Waals surface area contributed by atoms with Crippen LogP contribution in [0.25, 0.3) is 0 Å². The first-order chi connectivity index (χ1) is 11.9. The van der Waals surface area contributed by atoms with E-state index in [9.17, 15) is 18.0 Å². The van der Waals surface area contributed by atoms with Crippen LogP contribution >= 0.6 is 11.3 Å². The lowest BCUT2D eigenvalue weighted by Gasteiger charge is -2.19. The molecule has 1 saturated heterocycles. The zero-order valence-electron chi connectivity index (χ0n) is 13.7. The Hall–Kier alpha value is -1.86. The van der Waals surface area contributed by atoms with Gasteiger partial charge >= 0.3 is 6.18 Å². The van der Waals surface area contributed by atoms with E-state index in [1.54, 1.807) is 12.1 Å². The van der Waals surface area contributed by atoms with Crippen LogP contribution in [-0.2, 0) is 17.5 Å². The lowest BCUT2D eigenvalue weighted by Crippen LogP contribution is -2.26. The minimum absolute atomic E-state index is 0.0304. The van der Waals surface area contributed by atoms with Gasteiger partial charge in [0.15, 0.2) is 0 Å². The predicted octanol–water partition coefficient (Wildman–Crippen LogP) is 4.89. The van der Waals surface area contributed by atoms with Crippen LogP contribution in [0.5, 0.6) is 0 Å². The maximum absolute atomic E-state index is 13.1. The van der Waals surface area contributed by atoms with E-state index in [1.165, 1.54) is 35.4 Å². The molecule has 0 aliphatic carbocycles. The molecule has 1 aliphatic heterocycles. The summed E-state index contributed by atoms with van der Waals surface area (Å²) in [5.74, 6) is -0.286. The molecule has 2 heterocycles. The third-order valence-corrected chi connectivity index (χ3v) is 5.33. The minimum atomic E-state index is -4.43. The Labute approximate surface area is 148 Å². The number of rotatable bonds is 4. The normalized spacial score (nSPS) is 17.7. The van der Waals surface area contributed by atoms with Gasteiger partial charge in [-0.25, -0.2) is 0 Å². The Bertz CT molecular complexity index is 751. The first-order valence-corrected chi connectivity index (χ1v) is 8.80. The molecule has 134 valence electrons. The predicted molar refractivity (Wildman–Crippen MR) is 89.5 cm³/mol. The number of benzene rings is 1. The van der Waals surface area contributed by atoms with Gasteiger partial charge in [0.2, 0.25) is 0 Å². The number of alkyl halides is 3. The van der Waals surface area contributed by atoms with Gasteiger partial charge in [-0.3, -0.25) is 4.79 Å². The summed E-state index contributed by atoms with van der Waals surface area (Å²) in [4.78, 5) is 15.4. The van der Waals surface area contributed by atoms with Gasteiger partial charge in [0.05, 0.1) is 16.5 Å². The standard InChI is InChI=1S/C18H18F3NO2S/c1-22(11-12-5-2-3-6-13(12)18(19,20)21)17(23)16-9-8-15(25-16)14-7-4-10-24-14/h2-3,5-6,8-9,14H,4,7,10-11H2,1H3. The van der Waals surface area contributed by atoms with Gasteiger partial charge in [0.25, 0.3) is 5.91 Å². The molecule has 3 rings (SSSR count). The van der Waals surface area contributed by atoms with E-state index in [4.69, 9.17) is 4.74 Å². The summed E-state index contributed by atoms with van der Waals surface area (Å²) in [7, 11) is 1.51. The Morgan fingerprint density at radius 1 is 1.28 bits per heavy atom. The molecule has 0 bridgehead atoms. The van der Waals surface area contributed by atoms with Crippen LogP contribution < -0.4 is 0 Å². The monoisotopic (exact) mass is 369 g/mol. The SMILES string of the molecule is CN(Cc1ccccc1C(F)(F)F)C(=O)c1ccc(C2CCCO2)s1. The molecule has 25 heavy (non-hydrogen) atoms. The first kappa shape index (κ1) is 17.9. The summed E-state index contributed by atoms with van der Waals surface area (Å²) in [6.45, 7) is 0.627. The van der Waals surface area contributed by atoms with Crippen molar-refractivity contribution >= 4 is 17.2 Å². The number of halogens is 3. The van der Waals surface area contributed by atoms with Crippen molar-refractivity contribution in [1.82, 2.24) is 4.90 Å². The Morgan fingerprint density at radius 2 is 2.04 bits per heavy atom. The third kappa shape index (κ3) is 4.04. The van der Waals surface area contributed by atoms with E-state index in [2.05, 4.69) is 0 Å². The van der Waals surface area contributed by atoms with Crippen molar-refractivity contribution in [3.63, 3.8) is 0 Å². The summed E-state index contributed by atoms with van der Waals surface area (Å²) < 4.78 is 44.9. The average molecular weight is 369 g/mol. The van der Waals surface area contributed by atoms with Crippen LogP contribution in [0, 0.1) is 0 Å². The fourth-order valence-electron chi connectivity index (χ4n) is 2.89. The lowest BCUT2D eigenvalue weighted by molar-refractivity contribution is -0.138. The second kappa shape index (κ2) is 7.17. The van der Waals surface area contributed by atoms with Crippen molar-refractivity contribution in [2.45, 2.75) is 31.7 Å². The van der Waals surface area contributed by atoms with Crippen molar-refractivity contribution in [3.8, 4) is 0 Å². The number of amides is 1. The van der Waals surface area contributed by atoms with E-state index in [0.717, 1.165) is 30.4 Å². The Morgan fingerprint density at radius 3 is 2.72 bits per heavy atom. The molecular weight excluding hydrogens is 351 g/mol. The Kier molecular flexibility index (Phi) is 5.15. The second-order valence-electron chi connectivity index (χ2n) is 6.02.